The quantitative estimate of drug-likeness (QED) is 0.816. The maximum atomic E-state index is 13.5. The molecular formula is C19H28ClF2N3O. The van der Waals surface area contributed by atoms with Crippen LogP contribution < -0.4 is 5.73 Å². The van der Waals surface area contributed by atoms with Crippen LogP contribution in [0, 0.1) is 17.6 Å². The maximum absolute atomic E-state index is 13.5. The molecule has 1 heterocycles. The Hall–Kier alpha value is -1.24. The van der Waals surface area contributed by atoms with Gasteiger partial charge in [0.15, 0.2) is 11.6 Å². The second-order valence-corrected chi connectivity index (χ2v) is 7.33. The van der Waals surface area contributed by atoms with E-state index in [4.69, 9.17) is 5.73 Å². The lowest BCUT2D eigenvalue weighted by atomic mass is 9.96. The highest BCUT2D eigenvalue weighted by molar-refractivity contribution is 5.85. The predicted octanol–water partition coefficient (Wildman–Crippen LogP) is 2.76. The minimum absolute atomic E-state index is 0. The van der Waals surface area contributed by atoms with Gasteiger partial charge in [-0.25, -0.2) is 8.78 Å². The van der Waals surface area contributed by atoms with E-state index in [0.29, 0.717) is 12.5 Å². The molecule has 2 fully saturated rings. The number of nitrogens with two attached hydrogens (primary N) is 1. The number of rotatable bonds is 6. The van der Waals surface area contributed by atoms with E-state index >= 15 is 0 Å². The van der Waals surface area contributed by atoms with Crippen molar-refractivity contribution in [2.24, 2.45) is 11.7 Å². The molecule has 1 aliphatic carbocycles. The van der Waals surface area contributed by atoms with Crippen LogP contribution in [0.15, 0.2) is 18.2 Å². The highest BCUT2D eigenvalue weighted by Crippen LogP contribution is 2.45. The number of piperidine rings is 1. The molecule has 1 amide bonds. The van der Waals surface area contributed by atoms with Gasteiger partial charge in [0.1, 0.15) is 0 Å². The number of nitrogens with zero attached hydrogens (tertiary/aromatic N) is 2. The Labute approximate surface area is 160 Å². The van der Waals surface area contributed by atoms with Crippen LogP contribution in [-0.2, 0) is 4.79 Å². The molecule has 4 nitrogen and oxygen atoms in total. The molecule has 2 unspecified atom stereocenters. The second kappa shape index (κ2) is 9.11. The Balaban J connectivity index is 0.00000243. The number of benzene rings is 1. The van der Waals surface area contributed by atoms with Crippen LogP contribution in [0.3, 0.4) is 0 Å². The molecule has 2 atom stereocenters. The van der Waals surface area contributed by atoms with Crippen molar-refractivity contribution in [2.75, 3.05) is 32.7 Å². The van der Waals surface area contributed by atoms with Crippen molar-refractivity contribution in [2.45, 2.75) is 38.1 Å². The van der Waals surface area contributed by atoms with Gasteiger partial charge in [0.25, 0.3) is 0 Å². The van der Waals surface area contributed by atoms with E-state index in [1.807, 2.05) is 4.90 Å². The second-order valence-electron chi connectivity index (χ2n) is 7.33. The highest BCUT2D eigenvalue weighted by Gasteiger charge is 2.44. The fraction of sp³-hybridized carbons (Fsp3) is 0.632. The van der Waals surface area contributed by atoms with Crippen LogP contribution in [-0.4, -0.2) is 54.5 Å². The largest absolute Gasteiger partial charge is 0.339 e. The molecule has 0 aromatic heterocycles. The van der Waals surface area contributed by atoms with E-state index in [-0.39, 0.29) is 30.3 Å². The summed E-state index contributed by atoms with van der Waals surface area (Å²) in [6.45, 7) is 6.04. The fourth-order valence-electron chi connectivity index (χ4n) is 3.98. The van der Waals surface area contributed by atoms with Crippen LogP contribution in [0.2, 0.25) is 0 Å². The number of likely N-dealkylation sites (tertiary alicyclic amines) is 1. The van der Waals surface area contributed by atoms with E-state index in [1.54, 1.807) is 13.0 Å². The van der Waals surface area contributed by atoms with Crippen molar-refractivity contribution >= 4 is 18.3 Å². The Morgan fingerprint density at radius 2 is 1.96 bits per heavy atom. The summed E-state index contributed by atoms with van der Waals surface area (Å²) in [4.78, 5) is 16.4. The minimum atomic E-state index is -0.825. The van der Waals surface area contributed by atoms with Crippen LogP contribution >= 0.6 is 12.4 Å². The number of hydrogen-bond donors (Lipinski definition) is 1. The van der Waals surface area contributed by atoms with Gasteiger partial charge in [-0.05, 0) is 56.0 Å². The third-order valence-electron chi connectivity index (χ3n) is 5.54. The molecule has 1 aromatic carbocycles. The Morgan fingerprint density at radius 1 is 1.27 bits per heavy atom. The number of halogens is 3. The molecule has 0 radical (unpaired) electrons. The first-order valence-electron chi connectivity index (χ1n) is 9.14. The lowest BCUT2D eigenvalue weighted by Gasteiger charge is -2.34. The Bertz CT molecular complexity index is 623. The molecule has 2 aliphatic rings. The van der Waals surface area contributed by atoms with Crippen LogP contribution in [0.25, 0.3) is 0 Å². The summed E-state index contributed by atoms with van der Waals surface area (Å²) in [6, 6.07) is 4.19. The van der Waals surface area contributed by atoms with Gasteiger partial charge in [0.2, 0.25) is 5.91 Å². The van der Waals surface area contributed by atoms with E-state index < -0.39 is 11.6 Å². The monoisotopic (exact) mass is 387 g/mol. The van der Waals surface area contributed by atoms with Crippen molar-refractivity contribution in [3.05, 3.63) is 35.4 Å². The van der Waals surface area contributed by atoms with Gasteiger partial charge < -0.3 is 15.5 Å². The Morgan fingerprint density at radius 3 is 2.54 bits per heavy atom. The van der Waals surface area contributed by atoms with E-state index in [0.717, 1.165) is 51.0 Å². The number of hydrogen-bond acceptors (Lipinski definition) is 3. The van der Waals surface area contributed by atoms with Crippen LogP contribution in [0.5, 0.6) is 0 Å². The highest BCUT2D eigenvalue weighted by atomic mass is 35.5. The number of amides is 1. The summed E-state index contributed by atoms with van der Waals surface area (Å²) in [5, 5.41) is 0. The molecule has 1 aromatic rings. The molecule has 0 bridgehead atoms. The topological polar surface area (TPSA) is 49.6 Å². The fourth-order valence-corrected chi connectivity index (χ4v) is 3.98. The molecule has 1 saturated heterocycles. The third kappa shape index (κ3) is 4.93. The third-order valence-corrected chi connectivity index (χ3v) is 5.54. The smallest absolute Gasteiger partial charge is 0.219 e. The summed E-state index contributed by atoms with van der Waals surface area (Å²) < 4.78 is 26.6. The average molecular weight is 388 g/mol. The normalized spacial score (nSPS) is 23.4. The zero-order chi connectivity index (χ0) is 18.0. The molecule has 1 saturated carbocycles. The molecule has 0 spiro atoms. The number of carbonyl (C=O) groups excluding carboxylic acids is 1. The van der Waals surface area contributed by atoms with Gasteiger partial charge in [0, 0.05) is 38.5 Å². The Kier molecular flexibility index (Phi) is 7.38. The van der Waals surface area contributed by atoms with Crippen molar-refractivity contribution in [3.8, 4) is 0 Å². The summed E-state index contributed by atoms with van der Waals surface area (Å²) in [6.07, 6.45) is 2.98. The number of carbonyl (C=O) groups is 1. The van der Waals surface area contributed by atoms with Crippen LogP contribution in [0.1, 0.15) is 37.7 Å². The van der Waals surface area contributed by atoms with Gasteiger partial charge >= 0.3 is 0 Å². The molecule has 2 N–H and O–H groups in total. The van der Waals surface area contributed by atoms with Crippen molar-refractivity contribution in [3.63, 3.8) is 0 Å². The predicted molar refractivity (Wildman–Crippen MR) is 100 cm³/mol. The maximum Gasteiger partial charge on any atom is 0.219 e. The summed E-state index contributed by atoms with van der Waals surface area (Å²) in [7, 11) is 0. The van der Waals surface area contributed by atoms with Gasteiger partial charge in [-0.2, -0.15) is 0 Å². The first-order valence-corrected chi connectivity index (χ1v) is 9.14. The van der Waals surface area contributed by atoms with Gasteiger partial charge in [0.05, 0.1) is 0 Å². The van der Waals surface area contributed by atoms with Gasteiger partial charge in [-0.1, -0.05) is 6.07 Å². The SMILES string of the molecule is CC(=O)N(CC1CCN(CCN)CC1)C1CC1c1ccc(F)c(F)c1.Cl. The summed E-state index contributed by atoms with van der Waals surface area (Å²) >= 11 is 0. The summed E-state index contributed by atoms with van der Waals surface area (Å²) in [5.74, 6) is -0.946. The summed E-state index contributed by atoms with van der Waals surface area (Å²) in [5.41, 5.74) is 6.39. The zero-order valence-corrected chi connectivity index (χ0v) is 16.0. The average Bonchev–Trinajstić information content (AvgIpc) is 3.37. The minimum Gasteiger partial charge on any atom is -0.339 e. The molecule has 1 aliphatic heterocycles. The molecule has 146 valence electrons. The standard InChI is InChI=1S/C19H27F2N3O.ClH/c1-13(25)24(12-14-4-7-23(8-5-14)9-6-22)19-11-16(19)15-2-3-17(20)18(21)10-15;/h2-3,10,14,16,19H,4-9,11-12,22H2,1H3;1H. The first-order chi connectivity index (χ1) is 12.0. The molecule has 7 heteroatoms. The first kappa shape index (κ1) is 21.1. The van der Waals surface area contributed by atoms with E-state index in [9.17, 15) is 13.6 Å². The molecular weight excluding hydrogens is 360 g/mol. The zero-order valence-electron chi connectivity index (χ0n) is 15.2. The molecule has 3 rings (SSSR count). The molecule has 26 heavy (non-hydrogen) atoms. The lowest BCUT2D eigenvalue weighted by molar-refractivity contribution is -0.130. The van der Waals surface area contributed by atoms with Crippen LogP contribution in [0.4, 0.5) is 8.78 Å². The van der Waals surface area contributed by atoms with Gasteiger partial charge in [-0.15, -0.1) is 12.4 Å². The van der Waals surface area contributed by atoms with E-state index in [1.165, 1.54) is 12.1 Å². The van der Waals surface area contributed by atoms with Crippen molar-refractivity contribution in [1.82, 2.24) is 9.80 Å². The van der Waals surface area contributed by atoms with Crippen molar-refractivity contribution in [1.29, 1.82) is 0 Å². The lowest BCUT2D eigenvalue weighted by Crippen LogP contribution is -2.42. The van der Waals surface area contributed by atoms with E-state index in [2.05, 4.69) is 4.90 Å². The van der Waals surface area contributed by atoms with Crippen molar-refractivity contribution < 1.29 is 13.6 Å². The van der Waals surface area contributed by atoms with Gasteiger partial charge in [-0.3, -0.25) is 4.79 Å².